The van der Waals surface area contributed by atoms with Gasteiger partial charge in [0.05, 0.1) is 12.8 Å². The molecule has 13 heteroatoms. The molecule has 34 heavy (non-hydrogen) atoms. The van der Waals surface area contributed by atoms with Gasteiger partial charge in [0, 0.05) is 5.56 Å². The maximum Gasteiger partial charge on any atom is 0.427 e. The van der Waals surface area contributed by atoms with Crippen molar-refractivity contribution in [2.24, 2.45) is 4.99 Å². The van der Waals surface area contributed by atoms with Crippen LogP contribution in [0, 0.1) is 0 Å². The van der Waals surface area contributed by atoms with Gasteiger partial charge >= 0.3 is 18.0 Å². The van der Waals surface area contributed by atoms with Gasteiger partial charge in [0.15, 0.2) is 0 Å². The summed E-state index contributed by atoms with van der Waals surface area (Å²) in [5.74, 6) is -1.56. The van der Waals surface area contributed by atoms with Crippen LogP contribution in [-0.2, 0) is 5.54 Å². The zero-order valence-electron chi connectivity index (χ0n) is 17.1. The number of amidine groups is 1. The smallest absolute Gasteiger partial charge is 0.427 e. The quantitative estimate of drug-likeness (QED) is 0.555. The van der Waals surface area contributed by atoms with Gasteiger partial charge in [0.2, 0.25) is 0 Å². The first kappa shape index (κ1) is 23.1. The van der Waals surface area contributed by atoms with Crippen molar-refractivity contribution in [1.29, 1.82) is 0 Å². The van der Waals surface area contributed by atoms with Gasteiger partial charge in [-0.3, -0.25) is 9.78 Å². The van der Waals surface area contributed by atoms with Crippen LogP contribution in [-0.4, -0.2) is 34.8 Å². The molecule has 2 aromatic carbocycles. The Morgan fingerprint density at radius 3 is 2.03 bits per heavy atom. The van der Waals surface area contributed by atoms with Gasteiger partial charge in [0.1, 0.15) is 23.0 Å². The predicted molar refractivity (Wildman–Crippen MR) is 110 cm³/mol. The summed E-state index contributed by atoms with van der Waals surface area (Å²) in [5.41, 5.74) is -10.1. The van der Waals surface area contributed by atoms with E-state index >= 15 is 0 Å². The molecule has 1 aromatic heterocycles. The largest absolute Gasteiger partial charge is 0.497 e. The van der Waals surface area contributed by atoms with Crippen molar-refractivity contribution in [3.05, 3.63) is 86.6 Å². The van der Waals surface area contributed by atoms with E-state index in [1.165, 1.54) is 61.7 Å². The lowest BCUT2D eigenvalue weighted by atomic mass is 9.87. The molecule has 1 aliphatic rings. The van der Waals surface area contributed by atoms with Crippen LogP contribution >= 0.6 is 0 Å². The number of anilines is 1. The number of halogens is 6. The summed E-state index contributed by atoms with van der Waals surface area (Å²) in [6.07, 6.45) is -12.2. The molecule has 4 rings (SSSR count). The summed E-state index contributed by atoms with van der Waals surface area (Å²) in [7, 11) is 1.32. The molecule has 2 N–H and O–H groups in total. The maximum atomic E-state index is 14.3. The van der Waals surface area contributed by atoms with E-state index in [1.54, 1.807) is 4.98 Å². The standard InChI is InChI=1S/C21H14F6N4O3/c1-34-13-9-7-11(8-10-13)15-28-16-14(19(30-15,20(22,23)24)21(25,26)27)17(32)29-18(33)31(16)12-5-3-2-4-6-12/h2-10H,1H3,(H,28,30)(H,29,32,33). The highest BCUT2D eigenvalue weighted by Gasteiger charge is 2.75. The normalized spacial score (nSPS) is 15.2. The predicted octanol–water partition coefficient (Wildman–Crippen LogP) is 3.73. The van der Waals surface area contributed by atoms with Gasteiger partial charge in [0.25, 0.3) is 11.1 Å². The Balaban J connectivity index is 2.14. The van der Waals surface area contributed by atoms with Crippen molar-refractivity contribution in [3.8, 4) is 11.4 Å². The second-order valence-corrected chi connectivity index (χ2v) is 7.17. The molecule has 0 bridgehead atoms. The molecule has 1 aliphatic heterocycles. The molecule has 0 aliphatic carbocycles. The molecule has 178 valence electrons. The fourth-order valence-electron chi connectivity index (χ4n) is 3.63. The van der Waals surface area contributed by atoms with Crippen LogP contribution in [0.1, 0.15) is 11.1 Å². The lowest BCUT2D eigenvalue weighted by Gasteiger charge is -2.38. The van der Waals surface area contributed by atoms with Crippen molar-refractivity contribution in [2.45, 2.75) is 17.9 Å². The van der Waals surface area contributed by atoms with Crippen molar-refractivity contribution in [1.82, 2.24) is 9.55 Å². The number of nitrogens with zero attached hydrogens (tertiary/aromatic N) is 2. The number of aromatic amines is 1. The van der Waals surface area contributed by atoms with E-state index in [0.717, 1.165) is 0 Å². The van der Waals surface area contributed by atoms with Crippen LogP contribution in [0.4, 0.5) is 32.2 Å². The summed E-state index contributed by atoms with van der Waals surface area (Å²) in [4.78, 5) is 29.7. The number of para-hydroxylation sites is 1. The Morgan fingerprint density at radius 2 is 1.50 bits per heavy atom. The SMILES string of the molecule is COc1ccc(C2=NC(C(F)(F)F)(C(F)(F)F)c3c(n(-c4ccccc4)c(=O)[nH]c3=O)N2)cc1. The van der Waals surface area contributed by atoms with Gasteiger partial charge in [-0.2, -0.15) is 26.3 Å². The number of hydrogen-bond acceptors (Lipinski definition) is 5. The van der Waals surface area contributed by atoms with Gasteiger partial charge < -0.3 is 10.1 Å². The third kappa shape index (κ3) is 3.43. The van der Waals surface area contributed by atoms with E-state index < -0.39 is 46.4 Å². The number of methoxy groups -OCH3 is 1. The molecule has 0 atom stereocenters. The van der Waals surface area contributed by atoms with E-state index in [9.17, 15) is 35.9 Å². The average molecular weight is 484 g/mol. The van der Waals surface area contributed by atoms with Crippen LogP contribution in [0.25, 0.3) is 5.69 Å². The van der Waals surface area contributed by atoms with E-state index in [-0.39, 0.29) is 17.0 Å². The summed E-state index contributed by atoms with van der Waals surface area (Å²) >= 11 is 0. The molecule has 0 saturated carbocycles. The number of hydrogen-bond donors (Lipinski definition) is 2. The minimum atomic E-state index is -6.09. The second-order valence-electron chi connectivity index (χ2n) is 7.17. The van der Waals surface area contributed by atoms with E-state index in [0.29, 0.717) is 4.57 Å². The Morgan fingerprint density at radius 1 is 0.912 bits per heavy atom. The second kappa shape index (κ2) is 7.78. The number of alkyl halides is 6. The van der Waals surface area contributed by atoms with Crippen molar-refractivity contribution >= 4 is 11.7 Å². The first-order valence-electron chi connectivity index (χ1n) is 9.50. The molecule has 3 aromatic rings. The fourth-order valence-corrected chi connectivity index (χ4v) is 3.63. The summed E-state index contributed by atoms with van der Waals surface area (Å²) in [6.45, 7) is 0. The number of rotatable bonds is 3. The van der Waals surface area contributed by atoms with Crippen molar-refractivity contribution < 1.29 is 31.1 Å². The maximum absolute atomic E-state index is 14.3. The van der Waals surface area contributed by atoms with Crippen LogP contribution < -0.4 is 21.3 Å². The van der Waals surface area contributed by atoms with Crippen LogP contribution in [0.5, 0.6) is 5.75 Å². The first-order chi connectivity index (χ1) is 15.9. The average Bonchev–Trinajstić information content (AvgIpc) is 2.77. The highest BCUT2D eigenvalue weighted by atomic mass is 19.4. The van der Waals surface area contributed by atoms with Crippen molar-refractivity contribution in [3.63, 3.8) is 0 Å². The fraction of sp³-hybridized carbons (Fsp3) is 0.190. The molecule has 0 spiro atoms. The summed E-state index contributed by atoms with van der Waals surface area (Å²) in [6, 6.07) is 11.9. The molecule has 0 unspecified atom stereocenters. The lowest BCUT2D eigenvalue weighted by molar-refractivity contribution is -0.301. The zero-order valence-corrected chi connectivity index (χ0v) is 17.1. The summed E-state index contributed by atoms with van der Waals surface area (Å²) in [5, 5.41) is 2.35. The molecule has 0 saturated heterocycles. The highest BCUT2D eigenvalue weighted by Crippen LogP contribution is 2.55. The van der Waals surface area contributed by atoms with Crippen LogP contribution in [0.15, 0.2) is 69.2 Å². The number of nitrogens with one attached hydrogen (secondary N) is 2. The first-order valence-corrected chi connectivity index (χ1v) is 9.50. The number of fused-ring (bicyclic) bond motifs is 1. The van der Waals surface area contributed by atoms with Crippen LogP contribution in [0.2, 0.25) is 0 Å². The van der Waals surface area contributed by atoms with E-state index in [4.69, 9.17) is 4.74 Å². The Labute approximate surface area is 186 Å². The minimum Gasteiger partial charge on any atom is -0.497 e. The van der Waals surface area contributed by atoms with Crippen molar-refractivity contribution in [2.75, 3.05) is 12.4 Å². The zero-order chi connectivity index (χ0) is 24.9. The molecular weight excluding hydrogens is 470 g/mol. The third-order valence-corrected chi connectivity index (χ3v) is 5.19. The number of aliphatic imine (C=N–C) groups is 1. The molecule has 0 fully saturated rings. The molecule has 2 heterocycles. The molecular formula is C21H14F6N4O3. The minimum absolute atomic E-state index is 0.0817. The molecule has 7 nitrogen and oxygen atoms in total. The Hall–Kier alpha value is -4.03. The third-order valence-electron chi connectivity index (χ3n) is 5.19. The Kier molecular flexibility index (Phi) is 5.30. The molecule has 0 amide bonds. The van der Waals surface area contributed by atoms with Gasteiger partial charge in [-0.1, -0.05) is 18.2 Å². The number of H-pyrrole nitrogens is 1. The van der Waals surface area contributed by atoms with E-state index in [2.05, 4.69) is 10.3 Å². The van der Waals surface area contributed by atoms with Crippen LogP contribution in [0.3, 0.4) is 0 Å². The lowest BCUT2D eigenvalue weighted by Crippen LogP contribution is -2.59. The monoisotopic (exact) mass is 484 g/mol. The summed E-state index contributed by atoms with van der Waals surface area (Å²) < 4.78 is 91.2. The topological polar surface area (TPSA) is 88.5 Å². The Bertz CT molecular complexity index is 1360. The number of ether oxygens (including phenoxy) is 1. The van der Waals surface area contributed by atoms with E-state index in [1.807, 2.05) is 0 Å². The van der Waals surface area contributed by atoms with Gasteiger partial charge in [-0.25, -0.2) is 14.4 Å². The molecule has 0 radical (unpaired) electrons. The highest BCUT2D eigenvalue weighted by molar-refractivity contribution is 6.10. The van der Waals surface area contributed by atoms with Gasteiger partial charge in [-0.15, -0.1) is 0 Å². The van der Waals surface area contributed by atoms with Gasteiger partial charge in [-0.05, 0) is 36.4 Å². The number of benzene rings is 2. The number of aromatic nitrogens is 2.